The second-order valence-corrected chi connectivity index (χ2v) is 8.79. The molecule has 2 amide bonds. The van der Waals surface area contributed by atoms with Gasteiger partial charge in [0.25, 0.3) is 5.91 Å². The van der Waals surface area contributed by atoms with Gasteiger partial charge >= 0.3 is 12.1 Å². The van der Waals surface area contributed by atoms with Crippen molar-refractivity contribution in [1.29, 1.82) is 0 Å². The summed E-state index contributed by atoms with van der Waals surface area (Å²) in [5, 5.41) is 14.2. The van der Waals surface area contributed by atoms with Crippen LogP contribution in [0.1, 0.15) is 47.8 Å². The Kier molecular flexibility index (Phi) is 6.32. The number of ether oxygens (including phenoxy) is 1. The van der Waals surface area contributed by atoms with E-state index in [0.29, 0.717) is 5.69 Å². The van der Waals surface area contributed by atoms with Crippen LogP contribution in [0.2, 0.25) is 0 Å². The Hall–Kier alpha value is -4.20. The van der Waals surface area contributed by atoms with Crippen molar-refractivity contribution in [3.05, 3.63) is 83.7 Å². The summed E-state index contributed by atoms with van der Waals surface area (Å²) in [6, 6.07) is 19.2. The molecule has 4 rings (SSSR count). The molecule has 1 aromatic heterocycles. The standard InChI is InChI=1S/C26H25N3O5/c1-26(2,13-23(30)31)29-24(32)22-12-11-16(14-27-22)28-25(33)34-15-21-19-9-5-3-7-17(19)18-8-4-6-10-20(18)21/h3-12,14,21H,13,15H2,1-2H3,(H,28,33)(H,29,32)(H,30,31). The van der Waals surface area contributed by atoms with Crippen LogP contribution >= 0.6 is 0 Å². The molecule has 0 saturated heterocycles. The summed E-state index contributed by atoms with van der Waals surface area (Å²) in [6.45, 7) is 3.42. The fourth-order valence-corrected chi connectivity index (χ4v) is 4.15. The van der Waals surface area contributed by atoms with Crippen LogP contribution in [-0.4, -0.2) is 40.2 Å². The number of anilines is 1. The van der Waals surface area contributed by atoms with Crippen LogP contribution in [0, 0.1) is 0 Å². The highest BCUT2D eigenvalue weighted by Crippen LogP contribution is 2.44. The minimum atomic E-state index is -1.01. The zero-order chi connectivity index (χ0) is 24.3. The van der Waals surface area contributed by atoms with Gasteiger partial charge in [-0.25, -0.2) is 9.78 Å². The maximum atomic E-state index is 12.4. The van der Waals surface area contributed by atoms with E-state index in [1.54, 1.807) is 13.8 Å². The van der Waals surface area contributed by atoms with Crippen LogP contribution in [0.15, 0.2) is 66.9 Å². The number of amides is 2. The lowest BCUT2D eigenvalue weighted by atomic mass is 9.98. The number of hydrogen-bond donors (Lipinski definition) is 3. The summed E-state index contributed by atoms with van der Waals surface area (Å²) in [5.41, 5.74) is 4.10. The van der Waals surface area contributed by atoms with E-state index >= 15 is 0 Å². The van der Waals surface area contributed by atoms with Gasteiger partial charge in [-0.2, -0.15) is 0 Å². The summed E-state index contributed by atoms with van der Waals surface area (Å²) in [5.74, 6) is -1.56. The predicted octanol–water partition coefficient (Wildman–Crippen LogP) is 4.43. The van der Waals surface area contributed by atoms with E-state index in [0.717, 1.165) is 22.3 Å². The molecule has 0 radical (unpaired) electrons. The first-order valence-corrected chi connectivity index (χ1v) is 10.9. The fourth-order valence-electron chi connectivity index (χ4n) is 4.15. The van der Waals surface area contributed by atoms with Crippen molar-refractivity contribution >= 4 is 23.7 Å². The molecule has 8 nitrogen and oxygen atoms in total. The Morgan fingerprint density at radius 2 is 1.59 bits per heavy atom. The van der Waals surface area contributed by atoms with Crippen molar-refractivity contribution in [3.8, 4) is 11.1 Å². The number of rotatable bonds is 7. The highest BCUT2D eigenvalue weighted by Gasteiger charge is 2.29. The van der Waals surface area contributed by atoms with Gasteiger partial charge in [0, 0.05) is 11.5 Å². The molecule has 3 aromatic rings. The molecule has 0 spiro atoms. The number of nitrogens with zero attached hydrogens (tertiary/aromatic N) is 1. The number of aromatic nitrogens is 1. The van der Waals surface area contributed by atoms with Crippen LogP contribution in [0.4, 0.5) is 10.5 Å². The van der Waals surface area contributed by atoms with E-state index in [1.807, 2.05) is 36.4 Å². The number of carbonyl (C=O) groups excluding carboxylic acids is 2. The first-order valence-electron chi connectivity index (χ1n) is 10.9. The van der Waals surface area contributed by atoms with Crippen molar-refractivity contribution in [2.75, 3.05) is 11.9 Å². The average Bonchev–Trinajstić information content (AvgIpc) is 3.11. The molecule has 0 atom stereocenters. The number of pyridine rings is 1. The zero-order valence-electron chi connectivity index (χ0n) is 18.9. The third-order valence-electron chi connectivity index (χ3n) is 5.63. The lowest BCUT2D eigenvalue weighted by molar-refractivity contribution is -0.138. The summed E-state index contributed by atoms with van der Waals surface area (Å²) < 4.78 is 5.51. The van der Waals surface area contributed by atoms with Crippen LogP contribution in [-0.2, 0) is 9.53 Å². The molecule has 0 unspecified atom stereocenters. The molecule has 2 aromatic carbocycles. The normalized spacial score (nSPS) is 12.4. The molecule has 34 heavy (non-hydrogen) atoms. The van der Waals surface area contributed by atoms with E-state index < -0.39 is 23.5 Å². The third kappa shape index (κ3) is 5.06. The number of carboxylic acid groups (broad SMARTS) is 1. The average molecular weight is 460 g/mol. The fraction of sp³-hybridized carbons (Fsp3) is 0.231. The Balaban J connectivity index is 1.35. The van der Waals surface area contributed by atoms with Crippen LogP contribution in [0.3, 0.4) is 0 Å². The third-order valence-corrected chi connectivity index (χ3v) is 5.63. The van der Waals surface area contributed by atoms with Crippen molar-refractivity contribution in [3.63, 3.8) is 0 Å². The number of carboxylic acids is 1. The van der Waals surface area contributed by atoms with E-state index in [9.17, 15) is 14.4 Å². The van der Waals surface area contributed by atoms with Crippen LogP contribution < -0.4 is 10.6 Å². The summed E-state index contributed by atoms with van der Waals surface area (Å²) >= 11 is 0. The second kappa shape index (κ2) is 9.35. The molecular formula is C26H25N3O5. The maximum absolute atomic E-state index is 12.4. The highest BCUT2D eigenvalue weighted by atomic mass is 16.5. The van der Waals surface area contributed by atoms with Crippen molar-refractivity contribution in [1.82, 2.24) is 10.3 Å². The zero-order valence-corrected chi connectivity index (χ0v) is 18.9. The van der Waals surface area contributed by atoms with Gasteiger partial charge in [0.1, 0.15) is 12.3 Å². The van der Waals surface area contributed by atoms with Crippen LogP contribution in [0.25, 0.3) is 11.1 Å². The Morgan fingerprint density at radius 1 is 0.971 bits per heavy atom. The van der Waals surface area contributed by atoms with E-state index in [2.05, 4.69) is 27.8 Å². The SMILES string of the molecule is CC(C)(CC(=O)O)NC(=O)c1ccc(NC(=O)OCC2c3ccccc3-c3ccccc32)cn1. The van der Waals surface area contributed by atoms with Crippen molar-refractivity contribution in [2.45, 2.75) is 31.7 Å². The molecule has 1 heterocycles. The largest absolute Gasteiger partial charge is 0.481 e. The molecule has 174 valence electrons. The Bertz CT molecular complexity index is 1190. The molecular weight excluding hydrogens is 434 g/mol. The number of nitrogens with one attached hydrogen (secondary N) is 2. The second-order valence-electron chi connectivity index (χ2n) is 8.79. The van der Waals surface area contributed by atoms with E-state index in [-0.39, 0.29) is 24.6 Å². The maximum Gasteiger partial charge on any atom is 0.411 e. The summed E-state index contributed by atoms with van der Waals surface area (Å²) in [6.07, 6.45) is 0.504. The summed E-state index contributed by atoms with van der Waals surface area (Å²) in [4.78, 5) is 39.7. The molecule has 0 saturated carbocycles. The first kappa shape index (κ1) is 23.0. The minimum absolute atomic E-state index is 0.0449. The number of hydrogen-bond acceptors (Lipinski definition) is 5. The van der Waals surface area contributed by atoms with Crippen molar-refractivity contribution < 1.29 is 24.2 Å². The molecule has 8 heteroatoms. The lowest BCUT2D eigenvalue weighted by Crippen LogP contribution is -2.45. The highest BCUT2D eigenvalue weighted by molar-refractivity contribution is 5.93. The minimum Gasteiger partial charge on any atom is -0.481 e. The number of carbonyl (C=O) groups is 3. The van der Waals surface area contributed by atoms with Crippen LogP contribution in [0.5, 0.6) is 0 Å². The van der Waals surface area contributed by atoms with Gasteiger partial charge in [-0.05, 0) is 48.2 Å². The molecule has 1 aliphatic carbocycles. The number of fused-ring (bicyclic) bond motifs is 3. The van der Waals surface area contributed by atoms with Gasteiger partial charge in [0.2, 0.25) is 0 Å². The summed E-state index contributed by atoms with van der Waals surface area (Å²) in [7, 11) is 0. The topological polar surface area (TPSA) is 118 Å². The van der Waals surface area contributed by atoms with E-state index in [1.165, 1.54) is 18.3 Å². The van der Waals surface area contributed by atoms with Gasteiger partial charge in [-0.15, -0.1) is 0 Å². The smallest absolute Gasteiger partial charge is 0.411 e. The molecule has 0 aliphatic heterocycles. The Labute approximate surface area is 197 Å². The number of aliphatic carboxylic acids is 1. The first-order chi connectivity index (χ1) is 16.2. The lowest BCUT2D eigenvalue weighted by Gasteiger charge is -2.23. The van der Waals surface area contributed by atoms with Crippen molar-refractivity contribution in [2.24, 2.45) is 0 Å². The van der Waals surface area contributed by atoms with E-state index in [4.69, 9.17) is 9.84 Å². The van der Waals surface area contributed by atoms with Gasteiger partial charge in [-0.3, -0.25) is 14.9 Å². The Morgan fingerprint density at radius 3 is 2.15 bits per heavy atom. The van der Waals surface area contributed by atoms with Gasteiger partial charge in [0.15, 0.2) is 0 Å². The molecule has 1 aliphatic rings. The molecule has 0 fully saturated rings. The molecule has 3 N–H and O–H groups in total. The molecule has 0 bridgehead atoms. The van der Waals surface area contributed by atoms with Gasteiger partial charge in [0.05, 0.1) is 18.3 Å². The van der Waals surface area contributed by atoms with Gasteiger partial charge in [-0.1, -0.05) is 48.5 Å². The quantitative estimate of drug-likeness (QED) is 0.481. The predicted molar refractivity (Wildman–Crippen MR) is 127 cm³/mol. The monoisotopic (exact) mass is 459 g/mol. The van der Waals surface area contributed by atoms with Gasteiger partial charge < -0.3 is 15.2 Å². The number of benzene rings is 2.